The standard InChI is InChI=1S/C13H12N2O/c14-9-10-4-5-13-11(8-10)2-1-3-12(15-13)6-7-16/h1,3-5,7-8,12,15H,2,6H2. The Morgan fingerprint density at radius 1 is 1.56 bits per heavy atom. The molecule has 1 aliphatic rings. The Balaban J connectivity index is 2.29. The van der Waals surface area contributed by atoms with E-state index < -0.39 is 0 Å². The molecular weight excluding hydrogens is 200 g/mol. The van der Waals surface area contributed by atoms with E-state index in [9.17, 15) is 4.79 Å². The van der Waals surface area contributed by atoms with E-state index in [-0.39, 0.29) is 6.04 Å². The van der Waals surface area contributed by atoms with Gasteiger partial charge in [-0.1, -0.05) is 12.2 Å². The number of nitrogens with one attached hydrogen (secondary N) is 1. The topological polar surface area (TPSA) is 52.9 Å². The number of anilines is 1. The van der Waals surface area contributed by atoms with Gasteiger partial charge in [0.05, 0.1) is 17.7 Å². The zero-order valence-electron chi connectivity index (χ0n) is 8.81. The summed E-state index contributed by atoms with van der Waals surface area (Å²) in [5, 5.41) is 12.1. The van der Waals surface area contributed by atoms with Gasteiger partial charge in [0.1, 0.15) is 6.29 Å². The third-order valence-electron chi connectivity index (χ3n) is 2.63. The summed E-state index contributed by atoms with van der Waals surface area (Å²) in [6.07, 6.45) is 6.22. The first-order chi connectivity index (χ1) is 7.83. The lowest BCUT2D eigenvalue weighted by molar-refractivity contribution is -0.107. The van der Waals surface area contributed by atoms with Crippen LogP contribution < -0.4 is 5.32 Å². The maximum atomic E-state index is 10.5. The highest BCUT2D eigenvalue weighted by molar-refractivity contribution is 5.60. The zero-order valence-corrected chi connectivity index (χ0v) is 8.81. The average molecular weight is 212 g/mol. The quantitative estimate of drug-likeness (QED) is 0.603. The van der Waals surface area contributed by atoms with Gasteiger partial charge in [-0.2, -0.15) is 5.26 Å². The third kappa shape index (κ3) is 2.12. The van der Waals surface area contributed by atoms with Crippen LogP contribution in [0, 0.1) is 11.3 Å². The lowest BCUT2D eigenvalue weighted by Crippen LogP contribution is -2.16. The molecule has 80 valence electrons. The van der Waals surface area contributed by atoms with Gasteiger partial charge in [-0.25, -0.2) is 0 Å². The van der Waals surface area contributed by atoms with E-state index in [2.05, 4.69) is 11.4 Å². The van der Waals surface area contributed by atoms with Crippen molar-refractivity contribution < 1.29 is 4.79 Å². The number of hydrogen-bond acceptors (Lipinski definition) is 3. The first kappa shape index (κ1) is 10.4. The molecule has 3 heteroatoms. The molecule has 0 spiro atoms. The number of nitrogens with zero attached hydrogens (tertiary/aromatic N) is 1. The van der Waals surface area contributed by atoms with Crippen molar-refractivity contribution in [1.29, 1.82) is 5.26 Å². The number of nitriles is 1. The molecule has 0 saturated heterocycles. The SMILES string of the molecule is N#Cc1ccc2c(c1)CC=CC(CC=O)N2. The van der Waals surface area contributed by atoms with Gasteiger partial charge in [0.15, 0.2) is 0 Å². The molecule has 0 aromatic heterocycles. The van der Waals surface area contributed by atoms with Crippen LogP contribution in [0.15, 0.2) is 30.4 Å². The third-order valence-corrected chi connectivity index (χ3v) is 2.63. The minimum Gasteiger partial charge on any atom is -0.378 e. The van der Waals surface area contributed by atoms with Crippen LogP contribution in [0.3, 0.4) is 0 Å². The van der Waals surface area contributed by atoms with Gasteiger partial charge in [-0.05, 0) is 30.2 Å². The second-order valence-corrected chi connectivity index (χ2v) is 3.77. The van der Waals surface area contributed by atoms with E-state index in [1.807, 2.05) is 24.3 Å². The molecule has 16 heavy (non-hydrogen) atoms. The summed E-state index contributed by atoms with van der Waals surface area (Å²) < 4.78 is 0. The molecule has 1 aromatic rings. The molecule has 0 saturated carbocycles. The fraction of sp³-hybridized carbons (Fsp3) is 0.231. The highest BCUT2D eigenvalue weighted by Gasteiger charge is 2.11. The molecular formula is C13H12N2O. The molecule has 2 rings (SSSR count). The second-order valence-electron chi connectivity index (χ2n) is 3.77. The van der Waals surface area contributed by atoms with Gasteiger partial charge in [0.25, 0.3) is 0 Å². The average Bonchev–Trinajstić information content (AvgIpc) is 2.50. The molecule has 3 nitrogen and oxygen atoms in total. The molecule has 0 aliphatic carbocycles. The van der Waals surface area contributed by atoms with Crippen molar-refractivity contribution in [3.05, 3.63) is 41.5 Å². The van der Waals surface area contributed by atoms with Crippen molar-refractivity contribution in [2.45, 2.75) is 18.9 Å². The van der Waals surface area contributed by atoms with Gasteiger partial charge in [0, 0.05) is 12.1 Å². The normalized spacial score (nSPS) is 17.8. The van der Waals surface area contributed by atoms with Crippen molar-refractivity contribution in [3.63, 3.8) is 0 Å². The summed E-state index contributed by atoms with van der Waals surface area (Å²) >= 11 is 0. The summed E-state index contributed by atoms with van der Waals surface area (Å²) in [6.45, 7) is 0. The van der Waals surface area contributed by atoms with Crippen LogP contribution in [0.5, 0.6) is 0 Å². The number of benzene rings is 1. The van der Waals surface area contributed by atoms with Gasteiger partial charge in [0.2, 0.25) is 0 Å². The molecule has 1 aromatic carbocycles. The molecule has 1 atom stereocenters. The zero-order chi connectivity index (χ0) is 11.4. The molecule has 1 unspecified atom stereocenters. The minimum absolute atomic E-state index is 0.0617. The molecule has 0 fully saturated rings. The van der Waals surface area contributed by atoms with Crippen molar-refractivity contribution >= 4 is 12.0 Å². The van der Waals surface area contributed by atoms with E-state index in [1.165, 1.54) is 0 Å². The molecule has 0 radical (unpaired) electrons. The Morgan fingerprint density at radius 2 is 2.44 bits per heavy atom. The summed E-state index contributed by atoms with van der Waals surface area (Å²) in [4.78, 5) is 10.5. The van der Waals surface area contributed by atoms with E-state index in [4.69, 9.17) is 5.26 Å². The molecule has 1 aliphatic heterocycles. The fourth-order valence-corrected chi connectivity index (χ4v) is 1.82. The lowest BCUT2D eigenvalue weighted by Gasteiger charge is -2.14. The Hall–Kier alpha value is -2.08. The maximum absolute atomic E-state index is 10.5. The number of rotatable bonds is 2. The maximum Gasteiger partial charge on any atom is 0.122 e. The molecule has 0 amide bonds. The second kappa shape index (κ2) is 4.63. The number of aldehydes is 1. The van der Waals surface area contributed by atoms with E-state index >= 15 is 0 Å². The molecule has 1 heterocycles. The van der Waals surface area contributed by atoms with Gasteiger partial charge in [-0.15, -0.1) is 0 Å². The van der Waals surface area contributed by atoms with Crippen LogP contribution in [0.2, 0.25) is 0 Å². The van der Waals surface area contributed by atoms with Crippen LogP contribution in [-0.4, -0.2) is 12.3 Å². The minimum atomic E-state index is 0.0617. The predicted octanol–water partition coefficient (Wildman–Crippen LogP) is 2.04. The van der Waals surface area contributed by atoms with Crippen LogP contribution in [0.4, 0.5) is 5.69 Å². The first-order valence-corrected chi connectivity index (χ1v) is 5.23. The van der Waals surface area contributed by atoms with E-state index in [1.54, 1.807) is 6.07 Å². The van der Waals surface area contributed by atoms with Crippen LogP contribution >= 0.6 is 0 Å². The van der Waals surface area contributed by atoms with Crippen molar-refractivity contribution in [1.82, 2.24) is 0 Å². The van der Waals surface area contributed by atoms with Gasteiger partial charge >= 0.3 is 0 Å². The number of fused-ring (bicyclic) bond motifs is 1. The highest BCUT2D eigenvalue weighted by Crippen LogP contribution is 2.22. The number of carbonyl (C=O) groups is 1. The summed E-state index contributed by atoms with van der Waals surface area (Å²) in [6, 6.07) is 7.76. The summed E-state index contributed by atoms with van der Waals surface area (Å²) in [5.74, 6) is 0. The van der Waals surface area contributed by atoms with Crippen molar-refractivity contribution in [3.8, 4) is 6.07 Å². The van der Waals surface area contributed by atoms with Gasteiger partial charge in [-0.3, -0.25) is 0 Å². The molecule has 0 bridgehead atoms. The first-order valence-electron chi connectivity index (χ1n) is 5.23. The Bertz CT molecular complexity index is 471. The van der Waals surface area contributed by atoms with Gasteiger partial charge < -0.3 is 10.1 Å². The van der Waals surface area contributed by atoms with E-state index in [0.29, 0.717) is 12.0 Å². The number of allylic oxidation sites excluding steroid dienone is 1. The molecule has 1 N–H and O–H groups in total. The number of hydrogen-bond donors (Lipinski definition) is 1. The fourth-order valence-electron chi connectivity index (χ4n) is 1.82. The largest absolute Gasteiger partial charge is 0.378 e. The number of carbonyl (C=O) groups excluding carboxylic acids is 1. The van der Waals surface area contributed by atoms with Crippen molar-refractivity contribution in [2.24, 2.45) is 0 Å². The Kier molecular flexibility index (Phi) is 3.02. The van der Waals surface area contributed by atoms with Crippen LogP contribution in [-0.2, 0) is 11.2 Å². The summed E-state index contributed by atoms with van der Waals surface area (Å²) in [7, 11) is 0. The van der Waals surface area contributed by atoms with Crippen LogP contribution in [0.1, 0.15) is 17.5 Å². The van der Waals surface area contributed by atoms with E-state index in [0.717, 1.165) is 24.0 Å². The highest BCUT2D eigenvalue weighted by atomic mass is 16.1. The monoisotopic (exact) mass is 212 g/mol. The Labute approximate surface area is 94.4 Å². The summed E-state index contributed by atoms with van der Waals surface area (Å²) in [5.41, 5.74) is 2.78. The lowest BCUT2D eigenvalue weighted by atomic mass is 10.1. The Morgan fingerprint density at radius 3 is 3.19 bits per heavy atom. The van der Waals surface area contributed by atoms with Crippen LogP contribution in [0.25, 0.3) is 0 Å². The smallest absolute Gasteiger partial charge is 0.122 e. The predicted molar refractivity (Wildman–Crippen MR) is 62.1 cm³/mol. The van der Waals surface area contributed by atoms with Crippen molar-refractivity contribution in [2.75, 3.05) is 5.32 Å².